The predicted molar refractivity (Wildman–Crippen MR) is 80.1 cm³/mol. The molecule has 2 rings (SSSR count). The molecule has 0 radical (unpaired) electrons. The smallest absolute Gasteiger partial charge is 0.242 e. The van der Waals surface area contributed by atoms with Crippen molar-refractivity contribution in [3.8, 4) is 0 Å². The van der Waals surface area contributed by atoms with Crippen LogP contribution < -0.4 is 10.5 Å². The molecule has 3 N–H and O–H groups in total. The molecule has 2 heterocycles. The number of rotatable bonds is 7. The number of hydrogen-bond donors (Lipinski definition) is 2. The van der Waals surface area contributed by atoms with E-state index in [-0.39, 0.29) is 17.5 Å². The molecule has 2 aromatic heterocycles. The van der Waals surface area contributed by atoms with Crippen molar-refractivity contribution < 1.29 is 8.42 Å². The molecule has 116 valence electrons. The van der Waals surface area contributed by atoms with Crippen LogP contribution >= 0.6 is 0 Å². The van der Waals surface area contributed by atoms with Crippen LogP contribution in [0, 0.1) is 0 Å². The highest BCUT2D eigenvalue weighted by atomic mass is 32.2. The van der Waals surface area contributed by atoms with Gasteiger partial charge in [0.15, 0.2) is 0 Å². The van der Waals surface area contributed by atoms with Crippen LogP contribution in [-0.2, 0) is 23.1 Å². The Morgan fingerprint density at radius 3 is 2.71 bits per heavy atom. The molecule has 0 saturated heterocycles. The number of nitrogens with zero attached hydrogens (tertiary/aromatic N) is 3. The van der Waals surface area contributed by atoms with Gasteiger partial charge in [-0.25, -0.2) is 13.1 Å². The Kier molecular flexibility index (Phi) is 4.81. The average molecular weight is 311 g/mol. The van der Waals surface area contributed by atoms with E-state index in [1.807, 2.05) is 18.4 Å². The number of nitrogens with one attached hydrogen (secondary N) is 1. The first-order valence-corrected chi connectivity index (χ1v) is 8.30. The van der Waals surface area contributed by atoms with Crippen LogP contribution in [0.5, 0.6) is 0 Å². The van der Waals surface area contributed by atoms with Gasteiger partial charge in [0, 0.05) is 43.4 Å². The van der Waals surface area contributed by atoms with Gasteiger partial charge in [0.1, 0.15) is 0 Å². The summed E-state index contributed by atoms with van der Waals surface area (Å²) in [6.07, 6.45) is 5.07. The first-order valence-electron chi connectivity index (χ1n) is 6.82. The predicted octanol–water partition coefficient (Wildman–Crippen LogP) is 0.703. The fraction of sp³-hybridized carbons (Fsp3) is 0.462. The number of aromatic nitrogens is 3. The molecule has 0 aromatic carbocycles. The van der Waals surface area contributed by atoms with E-state index in [9.17, 15) is 8.42 Å². The van der Waals surface area contributed by atoms with Crippen molar-refractivity contribution in [2.24, 2.45) is 5.73 Å². The molecule has 0 spiro atoms. The minimum atomic E-state index is -3.53. The highest BCUT2D eigenvalue weighted by molar-refractivity contribution is 7.89. The van der Waals surface area contributed by atoms with E-state index < -0.39 is 10.0 Å². The lowest BCUT2D eigenvalue weighted by atomic mass is 10.3. The van der Waals surface area contributed by atoms with E-state index in [1.54, 1.807) is 35.4 Å². The van der Waals surface area contributed by atoms with Gasteiger partial charge < -0.3 is 10.3 Å². The van der Waals surface area contributed by atoms with E-state index in [1.165, 1.54) is 0 Å². The molecule has 0 aliphatic carbocycles. The first-order chi connectivity index (χ1) is 9.94. The van der Waals surface area contributed by atoms with Gasteiger partial charge in [0.25, 0.3) is 0 Å². The molecule has 8 heteroatoms. The van der Waals surface area contributed by atoms with E-state index in [0.717, 1.165) is 5.69 Å². The summed E-state index contributed by atoms with van der Waals surface area (Å²) in [6, 6.07) is 3.58. The molecule has 0 saturated carbocycles. The quantitative estimate of drug-likeness (QED) is 0.787. The van der Waals surface area contributed by atoms with Gasteiger partial charge in [0.2, 0.25) is 10.0 Å². The van der Waals surface area contributed by atoms with Crippen molar-refractivity contribution in [3.63, 3.8) is 0 Å². The van der Waals surface area contributed by atoms with Crippen molar-refractivity contribution in [3.05, 3.63) is 36.4 Å². The van der Waals surface area contributed by atoms with Gasteiger partial charge in [-0.3, -0.25) is 4.68 Å². The molecule has 0 aliphatic rings. The fourth-order valence-electron chi connectivity index (χ4n) is 2.10. The molecule has 0 atom stereocenters. The third-order valence-corrected chi connectivity index (χ3v) is 4.60. The molecule has 7 nitrogen and oxygen atoms in total. The minimum Gasteiger partial charge on any atom is -0.346 e. The Hall–Kier alpha value is -1.64. The highest BCUT2D eigenvalue weighted by Gasteiger charge is 2.18. The van der Waals surface area contributed by atoms with Crippen LogP contribution in [0.3, 0.4) is 0 Å². The summed E-state index contributed by atoms with van der Waals surface area (Å²) in [5, 5.41) is 4.02. The summed E-state index contributed by atoms with van der Waals surface area (Å²) >= 11 is 0. The third kappa shape index (κ3) is 3.72. The zero-order chi connectivity index (χ0) is 15.5. The summed E-state index contributed by atoms with van der Waals surface area (Å²) in [5.41, 5.74) is 6.46. The molecule has 0 aliphatic heterocycles. The molecule has 0 unspecified atom stereocenters. The van der Waals surface area contributed by atoms with Crippen LogP contribution in [0.4, 0.5) is 0 Å². The zero-order valence-corrected chi connectivity index (χ0v) is 13.0. The number of nitrogens with two attached hydrogens (primary N) is 1. The van der Waals surface area contributed by atoms with Gasteiger partial charge in [0.05, 0.1) is 11.4 Å². The first kappa shape index (κ1) is 15.7. The van der Waals surface area contributed by atoms with Gasteiger partial charge >= 0.3 is 0 Å². The lowest BCUT2D eigenvalue weighted by Crippen LogP contribution is -2.27. The maximum atomic E-state index is 12.3. The van der Waals surface area contributed by atoms with Gasteiger partial charge in [-0.1, -0.05) is 0 Å². The molecule has 0 amide bonds. The maximum absolute atomic E-state index is 12.3. The Morgan fingerprint density at radius 2 is 2.19 bits per heavy atom. The highest BCUT2D eigenvalue weighted by Crippen LogP contribution is 2.18. The summed E-state index contributed by atoms with van der Waals surface area (Å²) in [4.78, 5) is 0.247. The fourth-order valence-corrected chi connectivity index (χ4v) is 3.17. The van der Waals surface area contributed by atoms with Crippen LogP contribution in [-0.4, -0.2) is 29.3 Å². The second-order valence-electron chi connectivity index (χ2n) is 5.04. The van der Waals surface area contributed by atoms with E-state index in [4.69, 9.17) is 5.73 Å². The molecule has 0 fully saturated rings. The lowest BCUT2D eigenvalue weighted by molar-refractivity contribution is 0.557. The molecular formula is C13H21N5O2S. The largest absolute Gasteiger partial charge is 0.346 e. The molecule has 21 heavy (non-hydrogen) atoms. The number of hydrogen-bond acceptors (Lipinski definition) is 4. The van der Waals surface area contributed by atoms with Gasteiger partial charge in [-0.15, -0.1) is 0 Å². The molecule has 2 aromatic rings. The lowest BCUT2D eigenvalue weighted by Gasteiger charge is -2.10. The Morgan fingerprint density at radius 1 is 1.43 bits per heavy atom. The topological polar surface area (TPSA) is 94.9 Å². The Labute approximate surface area is 124 Å². The van der Waals surface area contributed by atoms with Crippen molar-refractivity contribution >= 4 is 10.0 Å². The van der Waals surface area contributed by atoms with E-state index in [0.29, 0.717) is 13.1 Å². The van der Waals surface area contributed by atoms with Crippen molar-refractivity contribution in [2.45, 2.75) is 37.9 Å². The van der Waals surface area contributed by atoms with Crippen LogP contribution in [0.15, 0.2) is 35.6 Å². The number of sulfonamides is 1. The Balaban J connectivity index is 2.08. The van der Waals surface area contributed by atoms with Crippen LogP contribution in [0.25, 0.3) is 0 Å². The average Bonchev–Trinajstić information content (AvgIpc) is 3.07. The summed E-state index contributed by atoms with van der Waals surface area (Å²) in [7, 11) is -3.53. The summed E-state index contributed by atoms with van der Waals surface area (Å²) < 4.78 is 30.7. The SMILES string of the molecule is CC(C)n1cc(S(=O)(=O)NCCn2cccn2)cc1CN. The van der Waals surface area contributed by atoms with Gasteiger partial charge in [-0.2, -0.15) is 5.10 Å². The monoisotopic (exact) mass is 311 g/mol. The molecule has 0 bridgehead atoms. The maximum Gasteiger partial charge on any atom is 0.242 e. The zero-order valence-electron chi connectivity index (χ0n) is 12.2. The third-order valence-electron chi connectivity index (χ3n) is 3.17. The van der Waals surface area contributed by atoms with E-state index >= 15 is 0 Å². The molecular weight excluding hydrogens is 290 g/mol. The normalized spacial score (nSPS) is 12.2. The Bertz CT molecular complexity index is 673. The van der Waals surface area contributed by atoms with Crippen molar-refractivity contribution in [1.82, 2.24) is 19.1 Å². The van der Waals surface area contributed by atoms with Crippen molar-refractivity contribution in [1.29, 1.82) is 0 Å². The summed E-state index contributed by atoms with van der Waals surface area (Å²) in [6.45, 7) is 5.05. The standard InChI is InChI=1S/C13H21N5O2S/c1-11(2)18-10-13(8-12(18)9-14)21(19,20)16-5-7-17-6-3-4-15-17/h3-4,6,8,10-11,16H,5,7,9,14H2,1-2H3. The second-order valence-corrected chi connectivity index (χ2v) is 6.81. The van der Waals surface area contributed by atoms with Crippen LogP contribution in [0.1, 0.15) is 25.6 Å². The van der Waals surface area contributed by atoms with Crippen LogP contribution in [0.2, 0.25) is 0 Å². The minimum absolute atomic E-state index is 0.163. The summed E-state index contributed by atoms with van der Waals surface area (Å²) in [5.74, 6) is 0. The van der Waals surface area contributed by atoms with E-state index in [2.05, 4.69) is 9.82 Å². The van der Waals surface area contributed by atoms with Crippen molar-refractivity contribution in [2.75, 3.05) is 6.54 Å². The van der Waals surface area contributed by atoms with Gasteiger partial charge in [-0.05, 0) is 26.0 Å². The second kappa shape index (κ2) is 6.42.